The second kappa shape index (κ2) is 6.91. The van der Waals surface area contributed by atoms with Crippen molar-refractivity contribution >= 4 is 11.6 Å². The molecule has 5 heteroatoms. The summed E-state index contributed by atoms with van der Waals surface area (Å²) in [6.07, 6.45) is 3.91. The Morgan fingerprint density at radius 1 is 0.958 bits per heavy atom. The normalized spacial score (nSPS) is 10.2. The summed E-state index contributed by atoms with van der Waals surface area (Å²) >= 11 is 0. The van der Waals surface area contributed by atoms with E-state index in [-0.39, 0.29) is 5.91 Å². The monoisotopic (exact) mass is 322 g/mol. The summed E-state index contributed by atoms with van der Waals surface area (Å²) < 4.78 is 12.4. The molecule has 0 saturated carbocycles. The van der Waals surface area contributed by atoms with Gasteiger partial charge in [-0.2, -0.15) is 0 Å². The van der Waals surface area contributed by atoms with Gasteiger partial charge in [-0.05, 0) is 48.5 Å². The number of anilines is 1. The standard InChI is InChI=1S/C19H18N2O3/c1-23-16-9-10-18(24-2)17(13-16)20-19(22)14-5-7-15(8-6-14)21-11-3-4-12-21/h3-13H,1-2H3,(H,20,22). The van der Waals surface area contributed by atoms with Crippen LogP contribution >= 0.6 is 0 Å². The van der Waals surface area contributed by atoms with Crippen LogP contribution in [0.1, 0.15) is 10.4 Å². The zero-order chi connectivity index (χ0) is 16.9. The zero-order valence-corrected chi connectivity index (χ0v) is 13.5. The van der Waals surface area contributed by atoms with E-state index in [1.54, 1.807) is 44.6 Å². The molecule has 0 unspecified atom stereocenters. The predicted molar refractivity (Wildman–Crippen MR) is 93.3 cm³/mol. The largest absolute Gasteiger partial charge is 0.497 e. The Kier molecular flexibility index (Phi) is 4.52. The first-order chi connectivity index (χ1) is 11.7. The van der Waals surface area contributed by atoms with Gasteiger partial charge in [0.15, 0.2) is 0 Å². The van der Waals surface area contributed by atoms with Crippen LogP contribution in [0.25, 0.3) is 5.69 Å². The molecule has 0 saturated heterocycles. The van der Waals surface area contributed by atoms with Crippen LogP contribution in [0.2, 0.25) is 0 Å². The van der Waals surface area contributed by atoms with Gasteiger partial charge in [0, 0.05) is 29.7 Å². The molecule has 1 amide bonds. The van der Waals surface area contributed by atoms with E-state index in [1.807, 2.05) is 41.2 Å². The van der Waals surface area contributed by atoms with E-state index in [0.29, 0.717) is 22.7 Å². The molecular formula is C19H18N2O3. The maximum Gasteiger partial charge on any atom is 0.255 e. The molecule has 3 rings (SSSR count). The summed E-state index contributed by atoms with van der Waals surface area (Å²) in [5.41, 5.74) is 2.13. The molecule has 0 aliphatic rings. The van der Waals surface area contributed by atoms with Crippen molar-refractivity contribution in [3.63, 3.8) is 0 Å². The van der Waals surface area contributed by atoms with E-state index in [9.17, 15) is 4.79 Å². The van der Waals surface area contributed by atoms with E-state index in [2.05, 4.69) is 5.32 Å². The maximum atomic E-state index is 12.5. The summed E-state index contributed by atoms with van der Waals surface area (Å²) in [6, 6.07) is 16.5. The molecule has 0 spiro atoms. The van der Waals surface area contributed by atoms with Crippen molar-refractivity contribution in [1.29, 1.82) is 0 Å². The predicted octanol–water partition coefficient (Wildman–Crippen LogP) is 3.75. The van der Waals surface area contributed by atoms with Crippen LogP contribution in [0.5, 0.6) is 11.5 Å². The molecule has 0 atom stereocenters. The first-order valence-corrected chi connectivity index (χ1v) is 7.48. The third-order valence-corrected chi connectivity index (χ3v) is 3.69. The Hall–Kier alpha value is -3.21. The van der Waals surface area contributed by atoms with Crippen molar-refractivity contribution < 1.29 is 14.3 Å². The number of nitrogens with zero attached hydrogens (tertiary/aromatic N) is 1. The smallest absolute Gasteiger partial charge is 0.255 e. The number of carbonyl (C=O) groups is 1. The number of hydrogen-bond acceptors (Lipinski definition) is 3. The summed E-state index contributed by atoms with van der Waals surface area (Å²) in [6.45, 7) is 0. The van der Waals surface area contributed by atoms with Gasteiger partial charge < -0.3 is 19.4 Å². The molecule has 0 aliphatic heterocycles. The van der Waals surface area contributed by atoms with Crippen molar-refractivity contribution in [2.45, 2.75) is 0 Å². The quantitative estimate of drug-likeness (QED) is 0.778. The summed E-state index contributed by atoms with van der Waals surface area (Å²) in [4.78, 5) is 12.5. The van der Waals surface area contributed by atoms with Gasteiger partial charge in [0.25, 0.3) is 5.91 Å². The van der Waals surface area contributed by atoms with E-state index in [0.717, 1.165) is 5.69 Å². The van der Waals surface area contributed by atoms with Crippen LogP contribution < -0.4 is 14.8 Å². The van der Waals surface area contributed by atoms with E-state index in [4.69, 9.17) is 9.47 Å². The van der Waals surface area contributed by atoms with E-state index in [1.165, 1.54) is 0 Å². The van der Waals surface area contributed by atoms with Gasteiger partial charge in [0.05, 0.1) is 19.9 Å². The molecule has 3 aromatic rings. The minimum atomic E-state index is -0.208. The highest BCUT2D eigenvalue weighted by atomic mass is 16.5. The average molecular weight is 322 g/mol. The Morgan fingerprint density at radius 3 is 2.29 bits per heavy atom. The third kappa shape index (κ3) is 3.25. The van der Waals surface area contributed by atoms with Gasteiger partial charge in [0.2, 0.25) is 0 Å². The van der Waals surface area contributed by atoms with Crippen LogP contribution in [0, 0.1) is 0 Å². The minimum Gasteiger partial charge on any atom is -0.497 e. The second-order valence-electron chi connectivity index (χ2n) is 5.16. The lowest BCUT2D eigenvalue weighted by atomic mass is 10.2. The molecule has 1 heterocycles. The maximum absolute atomic E-state index is 12.5. The van der Waals surface area contributed by atoms with Gasteiger partial charge in [-0.3, -0.25) is 4.79 Å². The molecule has 24 heavy (non-hydrogen) atoms. The fourth-order valence-electron chi connectivity index (χ4n) is 2.40. The minimum absolute atomic E-state index is 0.208. The van der Waals surface area contributed by atoms with Crippen molar-refractivity contribution in [3.8, 4) is 17.2 Å². The molecule has 1 aromatic heterocycles. The molecular weight excluding hydrogens is 304 g/mol. The van der Waals surface area contributed by atoms with Gasteiger partial charge in [-0.25, -0.2) is 0 Å². The highest BCUT2D eigenvalue weighted by Crippen LogP contribution is 2.29. The molecule has 0 radical (unpaired) electrons. The van der Waals surface area contributed by atoms with Gasteiger partial charge in [-0.15, -0.1) is 0 Å². The number of amides is 1. The Balaban J connectivity index is 1.80. The Bertz CT molecular complexity index is 824. The van der Waals surface area contributed by atoms with Crippen LogP contribution in [-0.4, -0.2) is 24.7 Å². The first kappa shape index (κ1) is 15.7. The van der Waals surface area contributed by atoms with E-state index >= 15 is 0 Å². The van der Waals surface area contributed by atoms with Gasteiger partial charge in [-0.1, -0.05) is 0 Å². The number of nitrogens with one attached hydrogen (secondary N) is 1. The number of carbonyl (C=O) groups excluding carboxylic acids is 1. The van der Waals surface area contributed by atoms with Crippen LogP contribution in [0.3, 0.4) is 0 Å². The third-order valence-electron chi connectivity index (χ3n) is 3.69. The number of benzene rings is 2. The van der Waals surface area contributed by atoms with Crippen LogP contribution in [-0.2, 0) is 0 Å². The molecule has 0 bridgehead atoms. The second-order valence-corrected chi connectivity index (χ2v) is 5.16. The first-order valence-electron chi connectivity index (χ1n) is 7.48. The van der Waals surface area contributed by atoms with Gasteiger partial charge in [0.1, 0.15) is 11.5 Å². The number of hydrogen-bond donors (Lipinski definition) is 1. The lowest BCUT2D eigenvalue weighted by Crippen LogP contribution is -2.12. The van der Waals surface area contributed by atoms with Crippen LogP contribution in [0.4, 0.5) is 5.69 Å². The van der Waals surface area contributed by atoms with Gasteiger partial charge >= 0.3 is 0 Å². The van der Waals surface area contributed by atoms with Crippen molar-refractivity contribution in [2.24, 2.45) is 0 Å². The van der Waals surface area contributed by atoms with Crippen molar-refractivity contribution in [3.05, 3.63) is 72.6 Å². The number of methoxy groups -OCH3 is 2. The lowest BCUT2D eigenvalue weighted by molar-refractivity contribution is 0.102. The number of ether oxygens (including phenoxy) is 2. The molecule has 0 fully saturated rings. The summed E-state index contributed by atoms with van der Waals surface area (Å²) in [5, 5.41) is 2.86. The molecule has 5 nitrogen and oxygen atoms in total. The number of aromatic nitrogens is 1. The van der Waals surface area contributed by atoms with Crippen molar-refractivity contribution in [2.75, 3.05) is 19.5 Å². The SMILES string of the molecule is COc1ccc(OC)c(NC(=O)c2ccc(-n3cccc3)cc2)c1. The van der Waals surface area contributed by atoms with Crippen molar-refractivity contribution in [1.82, 2.24) is 4.57 Å². The Labute approximate surface area is 140 Å². The van der Waals surface area contributed by atoms with E-state index < -0.39 is 0 Å². The Morgan fingerprint density at radius 2 is 1.67 bits per heavy atom. The summed E-state index contributed by atoms with van der Waals surface area (Å²) in [7, 11) is 3.14. The molecule has 0 aliphatic carbocycles. The summed E-state index contributed by atoms with van der Waals surface area (Å²) in [5.74, 6) is 1.02. The topological polar surface area (TPSA) is 52.5 Å². The number of rotatable bonds is 5. The fraction of sp³-hybridized carbons (Fsp3) is 0.105. The molecule has 122 valence electrons. The lowest BCUT2D eigenvalue weighted by Gasteiger charge is -2.12. The highest BCUT2D eigenvalue weighted by molar-refractivity contribution is 6.05. The average Bonchev–Trinajstić information content (AvgIpc) is 3.16. The molecule has 1 N–H and O–H groups in total. The highest BCUT2D eigenvalue weighted by Gasteiger charge is 2.11. The van der Waals surface area contributed by atoms with Crippen LogP contribution in [0.15, 0.2) is 67.0 Å². The zero-order valence-electron chi connectivity index (χ0n) is 13.5. The molecule has 2 aromatic carbocycles. The fourth-order valence-corrected chi connectivity index (χ4v) is 2.40.